The molecule has 1 aromatic carbocycles. The van der Waals surface area contributed by atoms with Crippen molar-refractivity contribution < 1.29 is 14.3 Å². The summed E-state index contributed by atoms with van der Waals surface area (Å²) in [7, 11) is 0. The summed E-state index contributed by atoms with van der Waals surface area (Å²) in [6.07, 6.45) is 1.39. The monoisotopic (exact) mass is 366 g/mol. The second-order valence-corrected chi connectivity index (χ2v) is 7.28. The van der Waals surface area contributed by atoms with E-state index in [0.717, 1.165) is 16.7 Å². The van der Waals surface area contributed by atoms with Gasteiger partial charge in [0.1, 0.15) is 22.8 Å². The highest BCUT2D eigenvalue weighted by Gasteiger charge is 2.48. The fraction of sp³-hybridized carbons (Fsp3) is 0.391. The third kappa shape index (κ3) is 2.75. The molecule has 0 fully saturated rings. The summed E-state index contributed by atoms with van der Waals surface area (Å²) in [5.41, 5.74) is 2.26. The molecule has 4 nitrogen and oxygen atoms in total. The van der Waals surface area contributed by atoms with Gasteiger partial charge in [0, 0.05) is 17.2 Å². The van der Waals surface area contributed by atoms with Crippen LogP contribution in [0.5, 0.6) is 0 Å². The van der Waals surface area contributed by atoms with Gasteiger partial charge in [-0.25, -0.2) is 0 Å². The molecule has 0 bridgehead atoms. The van der Waals surface area contributed by atoms with Crippen molar-refractivity contribution in [2.75, 3.05) is 0 Å². The smallest absolute Gasteiger partial charge is 0.196 e. The van der Waals surface area contributed by atoms with E-state index in [1.807, 2.05) is 52.8 Å². The summed E-state index contributed by atoms with van der Waals surface area (Å²) in [6.45, 7) is 9.68. The third-order valence-corrected chi connectivity index (χ3v) is 5.97. The largest absolute Gasteiger partial charge is 0.507 e. The van der Waals surface area contributed by atoms with Gasteiger partial charge in [-0.3, -0.25) is 9.59 Å². The van der Waals surface area contributed by atoms with Gasteiger partial charge in [0.15, 0.2) is 11.2 Å². The second-order valence-electron chi connectivity index (χ2n) is 7.28. The fourth-order valence-corrected chi connectivity index (χ4v) is 3.96. The Morgan fingerprint density at radius 3 is 2.22 bits per heavy atom. The number of Topliss-reactive ketones (excluding diaryl/α,β-unsaturated/α-hetero) is 1. The van der Waals surface area contributed by atoms with E-state index in [-0.39, 0.29) is 22.5 Å². The number of carbonyl (C=O) groups is 1. The van der Waals surface area contributed by atoms with Gasteiger partial charge < -0.3 is 9.52 Å². The molecule has 0 spiro atoms. The Morgan fingerprint density at radius 1 is 1.00 bits per heavy atom. The molecule has 142 valence electrons. The summed E-state index contributed by atoms with van der Waals surface area (Å²) >= 11 is 0. The van der Waals surface area contributed by atoms with Crippen LogP contribution >= 0.6 is 0 Å². The number of carbonyl (C=O) groups excluding carboxylic acids is 1. The van der Waals surface area contributed by atoms with Crippen molar-refractivity contribution in [2.45, 2.75) is 59.3 Å². The molecule has 0 saturated carbocycles. The normalized spacial score (nSPS) is 15.8. The minimum atomic E-state index is -0.915. The van der Waals surface area contributed by atoms with E-state index in [1.54, 1.807) is 0 Å². The van der Waals surface area contributed by atoms with Crippen LogP contribution in [0.4, 0.5) is 0 Å². The summed E-state index contributed by atoms with van der Waals surface area (Å²) in [5, 5.41) is 10.6. The maximum Gasteiger partial charge on any atom is 0.196 e. The first-order valence-electron chi connectivity index (χ1n) is 9.54. The Morgan fingerprint density at radius 2 is 1.67 bits per heavy atom. The molecule has 0 aliphatic heterocycles. The first-order chi connectivity index (χ1) is 12.8. The highest BCUT2D eigenvalue weighted by molar-refractivity contribution is 6.10. The van der Waals surface area contributed by atoms with Gasteiger partial charge in [0.2, 0.25) is 0 Å². The molecule has 1 heterocycles. The number of aliphatic hydroxyl groups excluding tert-OH is 1. The molecule has 0 amide bonds. The second kappa shape index (κ2) is 6.84. The molecule has 3 rings (SSSR count). The Kier molecular flexibility index (Phi) is 4.85. The zero-order valence-electron chi connectivity index (χ0n) is 16.6. The molecular weight excluding hydrogens is 340 g/mol. The van der Waals surface area contributed by atoms with Gasteiger partial charge in [0.25, 0.3) is 0 Å². The molecule has 27 heavy (non-hydrogen) atoms. The standard InChI is InChI=1S/C23H26O4/c1-6-16-20(25)19-17(24)12-18(15-10-9-13(4)14(5)11-15)27-22(19)23(7-2,8-3)21(16)26/h9-12,25H,6-8H2,1-5H3. The molecule has 4 heteroatoms. The van der Waals surface area contributed by atoms with E-state index in [2.05, 4.69) is 0 Å². The van der Waals surface area contributed by atoms with Gasteiger partial charge in [-0.15, -0.1) is 0 Å². The molecule has 1 aliphatic carbocycles. The summed E-state index contributed by atoms with van der Waals surface area (Å²) in [4.78, 5) is 26.1. The van der Waals surface area contributed by atoms with E-state index in [4.69, 9.17) is 4.42 Å². The quantitative estimate of drug-likeness (QED) is 0.803. The first kappa shape index (κ1) is 19.2. The molecule has 2 aromatic rings. The highest BCUT2D eigenvalue weighted by Crippen LogP contribution is 2.44. The van der Waals surface area contributed by atoms with Crippen LogP contribution in [0.25, 0.3) is 17.1 Å². The zero-order chi connectivity index (χ0) is 19.9. The number of rotatable bonds is 4. The van der Waals surface area contributed by atoms with Crippen LogP contribution in [0.3, 0.4) is 0 Å². The van der Waals surface area contributed by atoms with Crippen molar-refractivity contribution in [2.24, 2.45) is 0 Å². The molecule has 1 aromatic heterocycles. The lowest BCUT2D eigenvalue weighted by Gasteiger charge is -2.35. The Labute approximate surface area is 159 Å². The van der Waals surface area contributed by atoms with E-state index in [9.17, 15) is 14.7 Å². The van der Waals surface area contributed by atoms with E-state index in [0.29, 0.717) is 36.4 Å². The number of fused-ring (bicyclic) bond motifs is 1. The number of ketones is 1. The molecular formula is C23H26O4. The minimum Gasteiger partial charge on any atom is -0.507 e. The lowest BCUT2D eigenvalue weighted by molar-refractivity contribution is -0.122. The Bertz CT molecular complexity index is 1000. The zero-order valence-corrected chi connectivity index (χ0v) is 16.6. The first-order valence-corrected chi connectivity index (χ1v) is 9.54. The molecule has 0 saturated heterocycles. The summed E-state index contributed by atoms with van der Waals surface area (Å²) in [5.74, 6) is 0.359. The average molecular weight is 366 g/mol. The maximum absolute atomic E-state index is 13.2. The number of allylic oxidation sites excluding steroid dienone is 1. The van der Waals surface area contributed by atoms with Crippen LogP contribution in [0, 0.1) is 13.8 Å². The lowest BCUT2D eigenvalue weighted by Crippen LogP contribution is -2.41. The summed E-state index contributed by atoms with van der Waals surface area (Å²) in [6, 6.07) is 7.27. The average Bonchev–Trinajstić information content (AvgIpc) is 2.65. The minimum absolute atomic E-state index is 0.139. The van der Waals surface area contributed by atoms with Gasteiger partial charge in [0.05, 0.1) is 5.41 Å². The maximum atomic E-state index is 13.2. The Balaban J connectivity index is 2.36. The van der Waals surface area contributed by atoms with Gasteiger partial charge in [-0.1, -0.05) is 32.9 Å². The van der Waals surface area contributed by atoms with Crippen LogP contribution in [0.1, 0.15) is 62.5 Å². The highest BCUT2D eigenvalue weighted by atomic mass is 16.3. The van der Waals surface area contributed by atoms with Crippen molar-refractivity contribution in [3.63, 3.8) is 0 Å². The number of benzene rings is 1. The van der Waals surface area contributed by atoms with Gasteiger partial charge >= 0.3 is 0 Å². The number of hydrogen-bond acceptors (Lipinski definition) is 4. The van der Waals surface area contributed by atoms with Crippen molar-refractivity contribution in [3.05, 3.63) is 62.5 Å². The molecule has 0 atom stereocenters. The lowest BCUT2D eigenvalue weighted by atomic mass is 9.68. The molecule has 0 unspecified atom stereocenters. The van der Waals surface area contributed by atoms with E-state index >= 15 is 0 Å². The van der Waals surface area contributed by atoms with Crippen LogP contribution in [0.15, 0.2) is 39.1 Å². The number of aliphatic hydroxyl groups is 1. The predicted molar refractivity (Wildman–Crippen MR) is 107 cm³/mol. The number of hydrogen-bond donors (Lipinski definition) is 1. The molecule has 0 radical (unpaired) electrons. The van der Waals surface area contributed by atoms with Crippen molar-refractivity contribution >= 4 is 11.5 Å². The van der Waals surface area contributed by atoms with Gasteiger partial charge in [-0.05, 0) is 50.3 Å². The van der Waals surface area contributed by atoms with Crippen molar-refractivity contribution in [1.82, 2.24) is 0 Å². The third-order valence-electron chi connectivity index (χ3n) is 5.97. The SMILES string of the molecule is CCC1=C(O)c2c(oc(-c3ccc(C)c(C)c3)cc2=O)C(CC)(CC)C1=O. The number of aryl methyl sites for hydroxylation is 2. The van der Waals surface area contributed by atoms with Crippen molar-refractivity contribution in [3.8, 4) is 11.3 Å². The van der Waals surface area contributed by atoms with Crippen LogP contribution < -0.4 is 5.43 Å². The van der Waals surface area contributed by atoms with Crippen LogP contribution in [-0.2, 0) is 10.2 Å². The van der Waals surface area contributed by atoms with Crippen LogP contribution in [0.2, 0.25) is 0 Å². The van der Waals surface area contributed by atoms with Crippen LogP contribution in [-0.4, -0.2) is 10.9 Å². The van der Waals surface area contributed by atoms with Crippen molar-refractivity contribution in [1.29, 1.82) is 0 Å². The van der Waals surface area contributed by atoms with E-state index < -0.39 is 5.41 Å². The summed E-state index contributed by atoms with van der Waals surface area (Å²) < 4.78 is 6.18. The Hall–Kier alpha value is -2.62. The molecule has 1 aliphatic rings. The van der Waals surface area contributed by atoms with E-state index in [1.165, 1.54) is 6.07 Å². The molecule has 1 N–H and O–H groups in total. The van der Waals surface area contributed by atoms with Gasteiger partial charge in [-0.2, -0.15) is 0 Å². The fourth-order valence-electron chi connectivity index (χ4n) is 3.96. The predicted octanol–water partition coefficient (Wildman–Crippen LogP) is 5.24. The topological polar surface area (TPSA) is 67.5 Å².